The zero-order chi connectivity index (χ0) is 12.3. The predicted octanol–water partition coefficient (Wildman–Crippen LogP) is 3.15. The van der Waals surface area contributed by atoms with Gasteiger partial charge in [0.1, 0.15) is 5.82 Å². The fraction of sp³-hybridized carbons (Fsp3) is 0.214. The Morgan fingerprint density at radius 3 is 2.59 bits per heavy atom. The molecule has 0 spiro atoms. The van der Waals surface area contributed by atoms with Crippen LogP contribution in [0.2, 0.25) is 0 Å². The van der Waals surface area contributed by atoms with E-state index in [4.69, 9.17) is 5.73 Å². The third-order valence-corrected chi connectivity index (χ3v) is 2.63. The quantitative estimate of drug-likeness (QED) is 0.846. The van der Waals surface area contributed by atoms with Crippen molar-refractivity contribution in [2.45, 2.75) is 19.9 Å². The number of nitrogens with zero attached hydrogens (tertiary/aromatic N) is 1. The number of nitrogens with two attached hydrogens (primary N) is 1. The average Bonchev–Trinajstić information content (AvgIpc) is 2.32. The van der Waals surface area contributed by atoms with Gasteiger partial charge in [-0.05, 0) is 37.1 Å². The summed E-state index contributed by atoms with van der Waals surface area (Å²) in [6.07, 6.45) is 1.84. The van der Waals surface area contributed by atoms with Crippen molar-refractivity contribution in [2.75, 3.05) is 5.32 Å². The second-order valence-electron chi connectivity index (χ2n) is 4.22. The second-order valence-corrected chi connectivity index (χ2v) is 4.22. The molecule has 3 N–H and O–H groups in total. The highest BCUT2D eigenvalue weighted by Crippen LogP contribution is 2.23. The van der Waals surface area contributed by atoms with Crippen molar-refractivity contribution in [3.63, 3.8) is 0 Å². The van der Waals surface area contributed by atoms with Crippen LogP contribution in [0.15, 0.2) is 42.6 Å². The molecule has 3 nitrogen and oxygen atoms in total. The lowest BCUT2D eigenvalue weighted by Crippen LogP contribution is -2.08. The summed E-state index contributed by atoms with van der Waals surface area (Å²) in [5.74, 6) is 0.837. The highest BCUT2D eigenvalue weighted by atomic mass is 15.0. The van der Waals surface area contributed by atoms with Crippen molar-refractivity contribution in [1.29, 1.82) is 0 Å². The molecule has 1 heterocycles. The Balaban J connectivity index is 2.26. The Kier molecular flexibility index (Phi) is 3.40. The minimum atomic E-state index is 0.00384. The number of aromatic nitrogens is 1. The van der Waals surface area contributed by atoms with Crippen LogP contribution in [0, 0.1) is 6.92 Å². The van der Waals surface area contributed by atoms with Gasteiger partial charge in [-0.25, -0.2) is 4.98 Å². The Morgan fingerprint density at radius 1 is 1.18 bits per heavy atom. The Morgan fingerprint density at radius 2 is 1.94 bits per heavy atom. The first-order valence-corrected chi connectivity index (χ1v) is 5.71. The molecule has 1 aromatic heterocycles. The van der Waals surface area contributed by atoms with Gasteiger partial charge in [0.2, 0.25) is 0 Å². The van der Waals surface area contributed by atoms with Gasteiger partial charge in [0, 0.05) is 17.9 Å². The van der Waals surface area contributed by atoms with Crippen LogP contribution >= 0.6 is 0 Å². The van der Waals surface area contributed by atoms with E-state index in [0.717, 1.165) is 22.6 Å². The van der Waals surface area contributed by atoms with Crippen LogP contribution in [-0.4, -0.2) is 4.98 Å². The number of benzene rings is 1. The Bertz CT molecular complexity index is 489. The molecule has 0 bridgehead atoms. The molecule has 1 atom stereocenters. The normalized spacial score (nSPS) is 12.2. The number of hydrogen-bond acceptors (Lipinski definition) is 3. The molecule has 0 saturated heterocycles. The molecule has 0 aliphatic rings. The minimum Gasteiger partial charge on any atom is -0.340 e. The van der Waals surface area contributed by atoms with Gasteiger partial charge < -0.3 is 11.1 Å². The highest BCUT2D eigenvalue weighted by molar-refractivity contribution is 5.61. The third-order valence-electron chi connectivity index (χ3n) is 2.63. The lowest BCUT2D eigenvalue weighted by molar-refractivity contribution is 0.820. The van der Waals surface area contributed by atoms with Crippen LogP contribution in [0.1, 0.15) is 24.1 Å². The van der Waals surface area contributed by atoms with Crippen molar-refractivity contribution < 1.29 is 0 Å². The van der Waals surface area contributed by atoms with Crippen molar-refractivity contribution >= 4 is 11.5 Å². The lowest BCUT2D eigenvalue weighted by Gasteiger charge is -2.13. The van der Waals surface area contributed by atoms with Crippen molar-refractivity contribution in [1.82, 2.24) is 4.98 Å². The van der Waals surface area contributed by atoms with E-state index in [0.29, 0.717) is 0 Å². The smallest absolute Gasteiger partial charge is 0.130 e. The molecule has 0 aliphatic heterocycles. The molecule has 1 unspecified atom stereocenters. The van der Waals surface area contributed by atoms with Crippen LogP contribution in [0.5, 0.6) is 0 Å². The van der Waals surface area contributed by atoms with Gasteiger partial charge in [0.15, 0.2) is 0 Å². The van der Waals surface area contributed by atoms with E-state index in [-0.39, 0.29) is 6.04 Å². The van der Waals surface area contributed by atoms with Gasteiger partial charge in [0.05, 0.1) is 0 Å². The van der Waals surface area contributed by atoms with E-state index in [9.17, 15) is 0 Å². The van der Waals surface area contributed by atoms with Crippen LogP contribution in [0.25, 0.3) is 0 Å². The number of aryl methyl sites for hydroxylation is 1. The summed E-state index contributed by atoms with van der Waals surface area (Å²) >= 11 is 0. The summed E-state index contributed by atoms with van der Waals surface area (Å²) in [7, 11) is 0. The highest BCUT2D eigenvalue weighted by Gasteiger charge is 2.06. The first-order valence-electron chi connectivity index (χ1n) is 5.71. The fourth-order valence-corrected chi connectivity index (χ4v) is 1.69. The van der Waals surface area contributed by atoms with Crippen LogP contribution in [0.3, 0.4) is 0 Å². The van der Waals surface area contributed by atoms with Gasteiger partial charge in [-0.1, -0.05) is 24.3 Å². The first kappa shape index (κ1) is 11.6. The molecule has 0 radical (unpaired) electrons. The van der Waals surface area contributed by atoms with Gasteiger partial charge in [-0.3, -0.25) is 0 Å². The maximum atomic E-state index is 5.93. The lowest BCUT2D eigenvalue weighted by atomic mass is 10.1. The molecule has 2 aromatic rings. The summed E-state index contributed by atoms with van der Waals surface area (Å²) in [5.41, 5.74) is 9.19. The van der Waals surface area contributed by atoms with E-state index in [1.807, 2.05) is 56.4 Å². The first-order chi connectivity index (χ1) is 8.16. The summed E-state index contributed by atoms with van der Waals surface area (Å²) in [5, 5.41) is 3.29. The van der Waals surface area contributed by atoms with Crippen LogP contribution < -0.4 is 11.1 Å². The average molecular weight is 227 g/mol. The largest absolute Gasteiger partial charge is 0.340 e. The standard InChI is InChI=1S/C14H17N3/c1-10-7-8-14(16-9-10)17-13-6-4-3-5-12(13)11(2)15/h3-9,11H,15H2,1-2H3,(H,16,17). The summed E-state index contributed by atoms with van der Waals surface area (Å²) in [4.78, 5) is 4.32. The molecule has 0 saturated carbocycles. The molecule has 17 heavy (non-hydrogen) atoms. The molecule has 3 heteroatoms. The van der Waals surface area contributed by atoms with E-state index in [1.165, 1.54) is 0 Å². The number of nitrogens with one attached hydrogen (secondary N) is 1. The topological polar surface area (TPSA) is 50.9 Å². The SMILES string of the molecule is Cc1ccc(Nc2ccccc2C(C)N)nc1. The monoisotopic (exact) mass is 227 g/mol. The number of pyridine rings is 1. The van der Waals surface area contributed by atoms with Crippen molar-refractivity contribution in [3.05, 3.63) is 53.7 Å². The molecule has 88 valence electrons. The number of hydrogen-bond donors (Lipinski definition) is 2. The van der Waals surface area contributed by atoms with Crippen LogP contribution in [0.4, 0.5) is 11.5 Å². The molecular weight excluding hydrogens is 210 g/mol. The van der Waals surface area contributed by atoms with Gasteiger partial charge in [-0.15, -0.1) is 0 Å². The number of anilines is 2. The maximum Gasteiger partial charge on any atom is 0.130 e. The van der Waals surface area contributed by atoms with E-state index < -0.39 is 0 Å². The molecular formula is C14H17N3. The summed E-state index contributed by atoms with van der Waals surface area (Å²) in [6.45, 7) is 4.00. The zero-order valence-corrected chi connectivity index (χ0v) is 10.1. The van der Waals surface area contributed by atoms with Gasteiger partial charge >= 0.3 is 0 Å². The predicted molar refractivity (Wildman–Crippen MR) is 71.3 cm³/mol. The number of para-hydroxylation sites is 1. The maximum absolute atomic E-state index is 5.93. The minimum absolute atomic E-state index is 0.00384. The summed E-state index contributed by atoms with van der Waals surface area (Å²) in [6, 6.07) is 12.0. The third kappa shape index (κ3) is 2.82. The van der Waals surface area contributed by atoms with Gasteiger partial charge in [-0.2, -0.15) is 0 Å². The molecule has 2 rings (SSSR count). The van der Waals surface area contributed by atoms with E-state index in [1.54, 1.807) is 0 Å². The molecule has 0 amide bonds. The van der Waals surface area contributed by atoms with Crippen molar-refractivity contribution in [3.8, 4) is 0 Å². The van der Waals surface area contributed by atoms with Gasteiger partial charge in [0.25, 0.3) is 0 Å². The Hall–Kier alpha value is -1.87. The van der Waals surface area contributed by atoms with E-state index in [2.05, 4.69) is 10.3 Å². The second kappa shape index (κ2) is 4.97. The number of rotatable bonds is 3. The summed E-state index contributed by atoms with van der Waals surface area (Å²) < 4.78 is 0. The Labute approximate surface area is 102 Å². The molecule has 1 aromatic carbocycles. The molecule has 0 aliphatic carbocycles. The van der Waals surface area contributed by atoms with E-state index >= 15 is 0 Å². The van der Waals surface area contributed by atoms with Crippen molar-refractivity contribution in [2.24, 2.45) is 5.73 Å². The molecule has 0 fully saturated rings. The zero-order valence-electron chi connectivity index (χ0n) is 10.1. The fourth-order valence-electron chi connectivity index (χ4n) is 1.69. The van der Waals surface area contributed by atoms with Crippen LogP contribution in [-0.2, 0) is 0 Å².